The maximum Gasteiger partial charge on any atom is 0.321 e. The molecule has 120 valence electrons. The average Bonchev–Trinajstić information content (AvgIpc) is 2.31. The zero-order valence-electron chi connectivity index (χ0n) is 12.5. The Labute approximate surface area is 125 Å². The summed E-state index contributed by atoms with van der Waals surface area (Å²) in [5.41, 5.74) is -2.78. The van der Waals surface area contributed by atoms with Crippen molar-refractivity contribution in [1.29, 1.82) is 0 Å². The Morgan fingerprint density at radius 1 is 1.27 bits per heavy atom. The van der Waals surface area contributed by atoms with Crippen molar-refractivity contribution in [3.8, 4) is 0 Å². The van der Waals surface area contributed by atoms with Crippen molar-refractivity contribution in [3.05, 3.63) is 39.4 Å². The van der Waals surface area contributed by atoms with Gasteiger partial charge in [-0.3, -0.25) is 19.7 Å². The Morgan fingerprint density at radius 3 is 2.23 bits per heavy atom. The first-order valence-electron chi connectivity index (χ1n) is 6.31. The van der Waals surface area contributed by atoms with E-state index in [1.54, 1.807) is 0 Å². The molecule has 0 spiro atoms. The minimum absolute atomic E-state index is 0.559. The van der Waals surface area contributed by atoms with Gasteiger partial charge in [0.1, 0.15) is 17.3 Å². The lowest BCUT2D eigenvalue weighted by Crippen LogP contribution is -2.31. The molecule has 0 aliphatic heterocycles. The topological polar surface area (TPSA) is 86.5 Å². The summed E-state index contributed by atoms with van der Waals surface area (Å²) in [7, 11) is 0. The van der Waals surface area contributed by atoms with E-state index < -0.39 is 51.1 Å². The minimum atomic E-state index is -1.91. The number of hydrogen-bond donors (Lipinski definition) is 0. The molecule has 0 amide bonds. The van der Waals surface area contributed by atoms with Crippen LogP contribution in [0.25, 0.3) is 0 Å². The maximum absolute atomic E-state index is 14.0. The summed E-state index contributed by atoms with van der Waals surface area (Å²) >= 11 is 0. The summed E-state index contributed by atoms with van der Waals surface area (Å²) in [5.74, 6) is -6.97. The Balaban J connectivity index is 3.51. The Morgan fingerprint density at radius 2 is 1.82 bits per heavy atom. The number of nitro groups is 1. The molecule has 0 saturated heterocycles. The van der Waals surface area contributed by atoms with Crippen molar-refractivity contribution in [2.24, 2.45) is 0 Å². The standard InChI is InChI=1S/C14H15F2NO5/c1-7(18)10(13(19)22-14(2,3)4)11-9(17(20)21)6-5-8(15)12(11)16/h5-6,10H,1-4H3/t10-/m0/s1. The lowest BCUT2D eigenvalue weighted by atomic mass is 9.93. The van der Waals surface area contributed by atoms with Crippen molar-refractivity contribution in [2.45, 2.75) is 39.2 Å². The predicted octanol–water partition coefficient (Wildman–Crippen LogP) is 2.89. The van der Waals surface area contributed by atoms with Crippen LogP contribution in [0.1, 0.15) is 39.2 Å². The van der Waals surface area contributed by atoms with Gasteiger partial charge in [0.05, 0.1) is 10.5 Å². The van der Waals surface area contributed by atoms with Gasteiger partial charge < -0.3 is 4.74 Å². The highest BCUT2D eigenvalue weighted by atomic mass is 19.2. The van der Waals surface area contributed by atoms with Crippen LogP contribution in [0, 0.1) is 21.7 Å². The van der Waals surface area contributed by atoms with Gasteiger partial charge in [0, 0.05) is 6.07 Å². The number of nitrogens with zero attached hydrogens (tertiary/aromatic N) is 1. The second-order valence-electron chi connectivity index (χ2n) is 5.63. The van der Waals surface area contributed by atoms with Crippen LogP contribution in [-0.4, -0.2) is 22.3 Å². The van der Waals surface area contributed by atoms with Gasteiger partial charge in [0.25, 0.3) is 5.69 Å². The van der Waals surface area contributed by atoms with Crippen LogP contribution in [0.2, 0.25) is 0 Å². The summed E-state index contributed by atoms with van der Waals surface area (Å²) in [4.78, 5) is 33.8. The van der Waals surface area contributed by atoms with Crippen LogP contribution >= 0.6 is 0 Å². The van der Waals surface area contributed by atoms with Crippen LogP contribution in [-0.2, 0) is 14.3 Å². The maximum atomic E-state index is 14.0. The average molecular weight is 315 g/mol. The summed E-state index contributed by atoms with van der Waals surface area (Å²) in [6.07, 6.45) is 0. The van der Waals surface area contributed by atoms with Crippen LogP contribution in [0.4, 0.5) is 14.5 Å². The van der Waals surface area contributed by atoms with Gasteiger partial charge in [0.15, 0.2) is 11.6 Å². The zero-order valence-corrected chi connectivity index (χ0v) is 12.5. The number of rotatable bonds is 4. The normalized spacial score (nSPS) is 12.6. The van der Waals surface area contributed by atoms with E-state index in [0.717, 1.165) is 6.92 Å². The van der Waals surface area contributed by atoms with Crippen molar-refractivity contribution >= 4 is 17.4 Å². The summed E-state index contributed by atoms with van der Waals surface area (Å²) in [5, 5.41) is 11.0. The van der Waals surface area contributed by atoms with Crippen LogP contribution in [0.3, 0.4) is 0 Å². The smallest absolute Gasteiger partial charge is 0.321 e. The third-order valence-corrected chi connectivity index (χ3v) is 2.64. The fourth-order valence-electron chi connectivity index (χ4n) is 1.84. The number of carbonyl (C=O) groups excluding carboxylic acids is 2. The van der Waals surface area contributed by atoms with Gasteiger partial charge >= 0.3 is 5.97 Å². The van der Waals surface area contributed by atoms with E-state index in [4.69, 9.17) is 4.74 Å². The molecule has 0 aliphatic carbocycles. The predicted molar refractivity (Wildman–Crippen MR) is 72.3 cm³/mol. The fourth-order valence-corrected chi connectivity index (χ4v) is 1.84. The number of ether oxygens (including phenoxy) is 1. The third kappa shape index (κ3) is 3.84. The number of esters is 1. The third-order valence-electron chi connectivity index (χ3n) is 2.64. The molecule has 0 bridgehead atoms. The van der Waals surface area contributed by atoms with Gasteiger partial charge in [-0.2, -0.15) is 0 Å². The Hall–Kier alpha value is -2.38. The van der Waals surface area contributed by atoms with E-state index in [2.05, 4.69) is 0 Å². The molecule has 0 N–H and O–H groups in total. The number of halogens is 2. The van der Waals surface area contributed by atoms with Gasteiger partial charge in [-0.15, -0.1) is 0 Å². The molecular weight excluding hydrogens is 300 g/mol. The molecule has 0 saturated carbocycles. The van der Waals surface area contributed by atoms with E-state index in [0.29, 0.717) is 12.1 Å². The summed E-state index contributed by atoms with van der Waals surface area (Å²) < 4.78 is 32.3. The highest BCUT2D eigenvalue weighted by Crippen LogP contribution is 2.33. The van der Waals surface area contributed by atoms with Crippen molar-refractivity contribution in [3.63, 3.8) is 0 Å². The van der Waals surface area contributed by atoms with Crippen molar-refractivity contribution in [1.82, 2.24) is 0 Å². The van der Waals surface area contributed by atoms with Crippen LogP contribution < -0.4 is 0 Å². The Kier molecular flexibility index (Phi) is 4.95. The van der Waals surface area contributed by atoms with Crippen molar-refractivity contribution in [2.75, 3.05) is 0 Å². The van der Waals surface area contributed by atoms with Crippen LogP contribution in [0.5, 0.6) is 0 Å². The van der Waals surface area contributed by atoms with Gasteiger partial charge in [-0.1, -0.05) is 0 Å². The molecule has 6 nitrogen and oxygen atoms in total. The number of Topliss-reactive ketones (excluding diaryl/α,β-unsaturated/α-hetero) is 1. The Bertz CT molecular complexity index is 637. The molecule has 1 rings (SSSR count). The quantitative estimate of drug-likeness (QED) is 0.369. The summed E-state index contributed by atoms with van der Waals surface area (Å²) in [6, 6.07) is 1.26. The second-order valence-corrected chi connectivity index (χ2v) is 5.63. The van der Waals surface area contributed by atoms with E-state index in [1.165, 1.54) is 20.8 Å². The van der Waals surface area contributed by atoms with E-state index in [1.807, 2.05) is 0 Å². The first kappa shape index (κ1) is 17.7. The molecule has 22 heavy (non-hydrogen) atoms. The molecule has 1 aromatic carbocycles. The monoisotopic (exact) mass is 315 g/mol. The molecule has 0 aliphatic rings. The first-order valence-corrected chi connectivity index (χ1v) is 6.31. The molecule has 8 heteroatoms. The number of nitro benzene ring substituents is 1. The lowest BCUT2D eigenvalue weighted by molar-refractivity contribution is -0.385. The largest absolute Gasteiger partial charge is 0.459 e. The number of ketones is 1. The van der Waals surface area contributed by atoms with Crippen molar-refractivity contribution < 1.29 is 28.0 Å². The molecule has 0 unspecified atom stereocenters. The van der Waals surface area contributed by atoms with Gasteiger partial charge in [-0.25, -0.2) is 8.78 Å². The minimum Gasteiger partial charge on any atom is -0.459 e. The fraction of sp³-hybridized carbons (Fsp3) is 0.429. The van der Waals surface area contributed by atoms with Crippen LogP contribution in [0.15, 0.2) is 12.1 Å². The number of carbonyl (C=O) groups is 2. The van der Waals surface area contributed by atoms with E-state index >= 15 is 0 Å². The van der Waals surface area contributed by atoms with E-state index in [9.17, 15) is 28.5 Å². The highest BCUT2D eigenvalue weighted by molar-refractivity contribution is 6.04. The molecule has 1 atom stereocenters. The highest BCUT2D eigenvalue weighted by Gasteiger charge is 2.38. The molecular formula is C14H15F2NO5. The molecule has 0 aromatic heterocycles. The molecule has 0 heterocycles. The van der Waals surface area contributed by atoms with Gasteiger partial charge in [0.2, 0.25) is 0 Å². The number of benzene rings is 1. The molecule has 0 radical (unpaired) electrons. The second kappa shape index (κ2) is 6.17. The summed E-state index contributed by atoms with van der Waals surface area (Å²) in [6.45, 7) is 5.48. The lowest BCUT2D eigenvalue weighted by Gasteiger charge is -2.23. The molecule has 0 fully saturated rings. The molecule has 1 aromatic rings. The first-order chi connectivity index (χ1) is 9.95. The van der Waals surface area contributed by atoms with Gasteiger partial charge in [-0.05, 0) is 33.8 Å². The van der Waals surface area contributed by atoms with E-state index in [-0.39, 0.29) is 0 Å². The number of hydrogen-bond acceptors (Lipinski definition) is 5. The SMILES string of the molecule is CC(=O)[C@H](C(=O)OC(C)(C)C)c1c([N+](=O)[O-])ccc(F)c1F. The zero-order chi connectivity index (χ0) is 17.2.